The van der Waals surface area contributed by atoms with Crippen LogP contribution in [0.2, 0.25) is 5.82 Å². The van der Waals surface area contributed by atoms with Gasteiger partial charge in [0.05, 0.1) is 0 Å². The minimum atomic E-state index is 0.675. The molecule has 1 nitrogen and oxygen atoms in total. The second-order valence-electron chi connectivity index (χ2n) is 0.702. The van der Waals surface area contributed by atoms with Gasteiger partial charge in [-0.05, 0) is 0 Å². The van der Waals surface area contributed by atoms with Crippen molar-refractivity contribution in [2.75, 3.05) is 6.54 Å². The van der Waals surface area contributed by atoms with Crippen LogP contribution in [-0.4, -0.2) is 21.7 Å². The van der Waals surface area contributed by atoms with Crippen LogP contribution in [-0.2, 0) is 0 Å². The van der Waals surface area contributed by atoms with Crippen LogP contribution in [0.25, 0.3) is 0 Å². The topological polar surface area (TPSA) is 12.0 Å². The molecule has 5 heavy (non-hydrogen) atoms. The first-order valence-electron chi connectivity index (χ1n) is 1.67. The maximum absolute atomic E-state index is 3.17. The molecule has 2 heteroatoms. The second kappa shape index (κ2) is 4.48. The Kier molecular flexibility index (Phi) is 4.91. The zero-order valence-electron chi connectivity index (χ0n) is 3.62. The van der Waals surface area contributed by atoms with Crippen LogP contribution < -0.4 is 4.33 Å². The summed E-state index contributed by atoms with van der Waals surface area (Å²) < 4.78 is 3.17. The van der Waals surface area contributed by atoms with Gasteiger partial charge in [-0.3, -0.25) is 0 Å². The minimum absolute atomic E-state index is 0.675. The van der Waals surface area contributed by atoms with Gasteiger partial charge in [0.15, 0.2) is 0 Å². The Bertz CT molecular complexity index is 14.4. The van der Waals surface area contributed by atoms with Crippen molar-refractivity contribution < 1.29 is 0 Å². The summed E-state index contributed by atoms with van der Waals surface area (Å²) in [6.07, 6.45) is 0. The van der Waals surface area contributed by atoms with Gasteiger partial charge < -0.3 is 0 Å². The quantitative estimate of drug-likeness (QED) is 0.540. The van der Waals surface area contributed by atoms with Crippen LogP contribution in [0.5, 0.6) is 0 Å². The summed E-state index contributed by atoms with van der Waals surface area (Å²) in [5.74, 6) is 2.16. The van der Waals surface area contributed by atoms with E-state index in [0.717, 1.165) is 6.54 Å². The van der Waals surface area contributed by atoms with Crippen molar-refractivity contribution in [3.05, 3.63) is 0 Å². The average Bonchev–Trinajstić information content (AvgIpc) is 1.41. The predicted octanol–water partition coefficient (Wildman–Crippen LogP) is 0.263. The van der Waals surface area contributed by atoms with Gasteiger partial charge in [0.2, 0.25) is 0 Å². The van der Waals surface area contributed by atoms with Crippen molar-refractivity contribution in [1.29, 1.82) is 0 Å². The van der Waals surface area contributed by atoms with Crippen LogP contribution in [0, 0.1) is 0 Å². The molecule has 0 aromatic heterocycles. The van der Waals surface area contributed by atoms with Crippen molar-refractivity contribution in [2.24, 2.45) is 0 Å². The molecule has 0 aliphatic heterocycles. The Hall–Kier alpha value is 0.479. The Labute approximate surface area is 39.5 Å². The third-order valence-corrected chi connectivity index (χ3v) is 1.50. The first-order chi connectivity index (χ1) is 2.41. The molecule has 1 N–H and O–H groups in total. The van der Waals surface area contributed by atoms with Gasteiger partial charge in [0.25, 0.3) is 0 Å². The molecule has 32 valence electrons. The standard InChI is InChI=1S/C3H9NSe/c1-3-4-5-2/h4H,3H2,1-2H3. The maximum atomic E-state index is 3.17. The van der Waals surface area contributed by atoms with Crippen LogP contribution in [0.4, 0.5) is 0 Å². The second-order valence-corrected chi connectivity index (χ2v) is 2.16. The molecule has 0 radical (unpaired) electrons. The first-order valence-corrected chi connectivity index (χ1v) is 4.24. The van der Waals surface area contributed by atoms with E-state index in [1.165, 1.54) is 0 Å². The van der Waals surface area contributed by atoms with E-state index in [2.05, 4.69) is 17.1 Å². The molecule has 0 bridgehead atoms. The van der Waals surface area contributed by atoms with E-state index in [0.29, 0.717) is 15.2 Å². The third-order valence-electron chi connectivity index (χ3n) is 0.289. The molecule has 0 heterocycles. The van der Waals surface area contributed by atoms with Crippen molar-refractivity contribution in [3.63, 3.8) is 0 Å². The van der Waals surface area contributed by atoms with E-state index < -0.39 is 0 Å². The van der Waals surface area contributed by atoms with Crippen molar-refractivity contribution in [2.45, 2.75) is 12.7 Å². The summed E-state index contributed by atoms with van der Waals surface area (Å²) in [5, 5.41) is 0. The summed E-state index contributed by atoms with van der Waals surface area (Å²) in [4.78, 5) is 0. The molecule has 0 saturated carbocycles. The summed E-state index contributed by atoms with van der Waals surface area (Å²) in [5.41, 5.74) is 0. The van der Waals surface area contributed by atoms with Crippen molar-refractivity contribution in [1.82, 2.24) is 4.33 Å². The monoisotopic (exact) mass is 139 g/mol. The average molecular weight is 138 g/mol. The number of rotatable bonds is 2. The SMILES string of the molecule is CCN[Se]C. The molecule has 0 atom stereocenters. The number of hydrogen-bond acceptors (Lipinski definition) is 1. The molecule has 0 saturated heterocycles. The number of hydrogen-bond donors (Lipinski definition) is 1. The molecule has 0 aliphatic carbocycles. The van der Waals surface area contributed by atoms with Gasteiger partial charge in [-0.15, -0.1) is 0 Å². The van der Waals surface area contributed by atoms with Crippen LogP contribution in [0.3, 0.4) is 0 Å². The van der Waals surface area contributed by atoms with Gasteiger partial charge in [0, 0.05) is 0 Å². The Balaban J connectivity index is 2.19. The van der Waals surface area contributed by atoms with Gasteiger partial charge in [-0.2, -0.15) is 0 Å². The molecule has 0 aliphatic rings. The molecule has 0 fully saturated rings. The summed E-state index contributed by atoms with van der Waals surface area (Å²) in [7, 11) is 0. The van der Waals surface area contributed by atoms with E-state index >= 15 is 0 Å². The molecule has 0 aromatic rings. The molecule has 0 aromatic carbocycles. The fraction of sp³-hybridized carbons (Fsp3) is 1.00. The summed E-state index contributed by atoms with van der Waals surface area (Å²) in [6, 6.07) is 0. The zero-order chi connectivity index (χ0) is 4.12. The van der Waals surface area contributed by atoms with Crippen molar-refractivity contribution >= 4 is 15.2 Å². The molecule has 0 spiro atoms. The Morgan fingerprint density at radius 2 is 2.40 bits per heavy atom. The van der Waals surface area contributed by atoms with Gasteiger partial charge in [0.1, 0.15) is 0 Å². The fourth-order valence-corrected chi connectivity index (χ4v) is 0.750. The molecule has 0 rings (SSSR count). The van der Waals surface area contributed by atoms with Gasteiger partial charge >= 0.3 is 38.8 Å². The van der Waals surface area contributed by atoms with Crippen molar-refractivity contribution in [3.8, 4) is 0 Å². The summed E-state index contributed by atoms with van der Waals surface area (Å²) >= 11 is 0.675. The Morgan fingerprint density at radius 1 is 1.80 bits per heavy atom. The third kappa shape index (κ3) is 4.48. The van der Waals surface area contributed by atoms with Gasteiger partial charge in [-0.1, -0.05) is 0 Å². The van der Waals surface area contributed by atoms with E-state index in [1.54, 1.807) is 0 Å². The molecular weight excluding hydrogens is 129 g/mol. The zero-order valence-corrected chi connectivity index (χ0v) is 5.33. The molecule has 0 amide bonds. The first kappa shape index (κ1) is 5.48. The van der Waals surface area contributed by atoms with E-state index in [4.69, 9.17) is 0 Å². The van der Waals surface area contributed by atoms with Crippen LogP contribution in [0.15, 0.2) is 0 Å². The number of nitrogens with one attached hydrogen (secondary N) is 1. The van der Waals surface area contributed by atoms with E-state index in [9.17, 15) is 0 Å². The van der Waals surface area contributed by atoms with E-state index in [1.807, 2.05) is 0 Å². The molecule has 0 unspecified atom stereocenters. The summed E-state index contributed by atoms with van der Waals surface area (Å²) in [6.45, 7) is 3.24. The molecular formula is C3H9NSe. The Morgan fingerprint density at radius 3 is 2.40 bits per heavy atom. The van der Waals surface area contributed by atoms with Gasteiger partial charge in [-0.25, -0.2) is 0 Å². The fourth-order valence-electron chi connectivity index (χ4n) is 0.144. The van der Waals surface area contributed by atoms with Crippen LogP contribution >= 0.6 is 0 Å². The van der Waals surface area contributed by atoms with Crippen LogP contribution in [0.1, 0.15) is 6.92 Å². The predicted molar refractivity (Wildman–Crippen MR) is 25.3 cm³/mol. The normalized spacial score (nSPS) is 8.40. The van der Waals surface area contributed by atoms with E-state index in [-0.39, 0.29) is 0 Å².